The van der Waals surface area contributed by atoms with Crippen molar-refractivity contribution >= 4 is 0 Å². The minimum Gasteiger partial charge on any atom is -0.493 e. The molecule has 0 aliphatic carbocycles. The van der Waals surface area contributed by atoms with Gasteiger partial charge in [0.25, 0.3) is 0 Å². The lowest BCUT2D eigenvalue weighted by atomic mass is 10.1. The minimum absolute atomic E-state index is 0.505. The highest BCUT2D eigenvalue weighted by atomic mass is 16.5. The third kappa shape index (κ3) is 3.34. The average molecular weight is 246 g/mol. The van der Waals surface area contributed by atoms with Crippen LogP contribution in [0.4, 0.5) is 0 Å². The smallest absolute Gasteiger partial charge is 0.125 e. The Kier molecular flexibility index (Phi) is 4.36. The number of imidazole rings is 1. The van der Waals surface area contributed by atoms with E-state index in [0.29, 0.717) is 6.61 Å². The quantitative estimate of drug-likeness (QED) is 0.796. The molecule has 4 nitrogen and oxygen atoms in total. The molecule has 1 unspecified atom stereocenters. The number of rotatable bonds is 6. The summed E-state index contributed by atoms with van der Waals surface area (Å²) in [5.74, 6) is 0.762. The highest BCUT2D eigenvalue weighted by Gasteiger charge is 2.07. The molecule has 0 spiro atoms. The molecule has 1 atom stereocenters. The Morgan fingerprint density at radius 2 is 2.22 bits per heavy atom. The van der Waals surface area contributed by atoms with E-state index in [4.69, 9.17) is 4.74 Å². The predicted octanol–water partition coefficient (Wildman–Crippen LogP) is 2.41. The molecule has 0 saturated carbocycles. The lowest BCUT2D eigenvalue weighted by molar-refractivity contribution is 0.190. The molecule has 1 N–H and O–H groups in total. The Hall–Kier alpha value is -1.81. The highest BCUT2D eigenvalue weighted by molar-refractivity contribution is 5.34. The molecule has 0 bridgehead atoms. The van der Waals surface area contributed by atoms with Gasteiger partial charge in [0.05, 0.1) is 19.0 Å². The van der Waals surface area contributed by atoms with Gasteiger partial charge >= 0.3 is 0 Å². The second-order valence-corrected chi connectivity index (χ2v) is 4.22. The SMILES string of the molecule is CC(O)c1ccccc1OCCCn1ccnc1. The van der Waals surface area contributed by atoms with E-state index in [0.717, 1.165) is 24.3 Å². The molecule has 18 heavy (non-hydrogen) atoms. The van der Waals surface area contributed by atoms with Crippen LogP contribution in [0, 0.1) is 0 Å². The summed E-state index contributed by atoms with van der Waals surface area (Å²) in [5.41, 5.74) is 0.833. The molecule has 2 rings (SSSR count). The summed E-state index contributed by atoms with van der Waals surface area (Å²) >= 11 is 0. The molecular weight excluding hydrogens is 228 g/mol. The molecule has 96 valence electrons. The number of hydrogen-bond acceptors (Lipinski definition) is 3. The molecule has 0 fully saturated rings. The van der Waals surface area contributed by atoms with Crippen molar-refractivity contribution < 1.29 is 9.84 Å². The molecule has 2 aromatic rings. The molecule has 0 amide bonds. The van der Waals surface area contributed by atoms with Gasteiger partial charge in [0.1, 0.15) is 5.75 Å². The first-order chi connectivity index (χ1) is 8.77. The topological polar surface area (TPSA) is 47.3 Å². The van der Waals surface area contributed by atoms with Crippen LogP contribution in [0.1, 0.15) is 25.0 Å². The van der Waals surface area contributed by atoms with Gasteiger partial charge in [-0.3, -0.25) is 0 Å². The minimum atomic E-state index is -0.505. The Labute approximate surface area is 107 Å². The number of para-hydroxylation sites is 1. The molecule has 0 aliphatic heterocycles. The maximum atomic E-state index is 9.62. The number of aliphatic hydroxyl groups is 1. The first-order valence-corrected chi connectivity index (χ1v) is 6.13. The van der Waals surface area contributed by atoms with Crippen molar-refractivity contribution in [2.45, 2.75) is 26.0 Å². The zero-order valence-corrected chi connectivity index (χ0v) is 10.5. The van der Waals surface area contributed by atoms with Gasteiger partial charge in [-0.2, -0.15) is 0 Å². The van der Waals surface area contributed by atoms with E-state index in [9.17, 15) is 5.11 Å². The zero-order valence-electron chi connectivity index (χ0n) is 10.5. The van der Waals surface area contributed by atoms with Gasteiger partial charge < -0.3 is 14.4 Å². The van der Waals surface area contributed by atoms with Crippen molar-refractivity contribution in [3.05, 3.63) is 48.5 Å². The predicted molar refractivity (Wildman–Crippen MR) is 69.4 cm³/mol. The molecule has 0 radical (unpaired) electrons. The van der Waals surface area contributed by atoms with Crippen LogP contribution >= 0.6 is 0 Å². The number of nitrogens with zero attached hydrogens (tertiary/aromatic N) is 2. The van der Waals surface area contributed by atoms with Crippen LogP contribution in [0.25, 0.3) is 0 Å². The summed E-state index contributed by atoms with van der Waals surface area (Å²) in [6.45, 7) is 3.26. The Morgan fingerprint density at radius 3 is 2.94 bits per heavy atom. The fourth-order valence-corrected chi connectivity index (χ4v) is 1.81. The number of ether oxygens (including phenoxy) is 1. The van der Waals surface area contributed by atoms with Crippen molar-refractivity contribution in [3.8, 4) is 5.75 Å². The first kappa shape index (κ1) is 12.6. The Balaban J connectivity index is 1.83. The van der Waals surface area contributed by atoms with Crippen LogP contribution in [-0.2, 0) is 6.54 Å². The molecule has 0 saturated heterocycles. The first-order valence-electron chi connectivity index (χ1n) is 6.13. The normalized spacial score (nSPS) is 12.3. The Morgan fingerprint density at radius 1 is 1.39 bits per heavy atom. The van der Waals surface area contributed by atoms with Gasteiger partial charge in [-0.05, 0) is 19.4 Å². The van der Waals surface area contributed by atoms with Gasteiger partial charge in [0.2, 0.25) is 0 Å². The summed E-state index contributed by atoms with van der Waals surface area (Å²) < 4.78 is 7.72. The summed E-state index contributed by atoms with van der Waals surface area (Å²) in [7, 11) is 0. The number of hydrogen-bond donors (Lipinski definition) is 1. The number of aromatic nitrogens is 2. The standard InChI is InChI=1S/C14H18N2O2/c1-12(17)13-5-2-3-6-14(13)18-10-4-8-16-9-7-15-11-16/h2-3,5-7,9,11-12,17H,4,8,10H2,1H3. The number of aryl methyl sites for hydroxylation is 1. The fraction of sp³-hybridized carbons (Fsp3) is 0.357. The van der Waals surface area contributed by atoms with E-state index < -0.39 is 6.10 Å². The summed E-state index contributed by atoms with van der Waals surface area (Å²) in [6, 6.07) is 7.59. The van der Waals surface area contributed by atoms with Gasteiger partial charge in [0.15, 0.2) is 0 Å². The van der Waals surface area contributed by atoms with E-state index in [2.05, 4.69) is 4.98 Å². The molecule has 1 heterocycles. The van der Waals surface area contributed by atoms with Crippen molar-refractivity contribution in [1.29, 1.82) is 0 Å². The van der Waals surface area contributed by atoms with Gasteiger partial charge in [-0.25, -0.2) is 4.98 Å². The number of aliphatic hydroxyl groups excluding tert-OH is 1. The summed E-state index contributed by atoms with van der Waals surface area (Å²) in [4.78, 5) is 3.99. The number of benzene rings is 1. The fourth-order valence-electron chi connectivity index (χ4n) is 1.81. The van der Waals surface area contributed by atoms with Crippen LogP contribution < -0.4 is 4.74 Å². The lowest BCUT2D eigenvalue weighted by Crippen LogP contribution is -2.05. The van der Waals surface area contributed by atoms with E-state index in [1.807, 2.05) is 35.0 Å². The lowest BCUT2D eigenvalue weighted by Gasteiger charge is -2.13. The highest BCUT2D eigenvalue weighted by Crippen LogP contribution is 2.24. The van der Waals surface area contributed by atoms with E-state index in [-0.39, 0.29) is 0 Å². The van der Waals surface area contributed by atoms with E-state index >= 15 is 0 Å². The van der Waals surface area contributed by atoms with E-state index in [1.165, 1.54) is 0 Å². The van der Waals surface area contributed by atoms with Crippen LogP contribution in [-0.4, -0.2) is 21.3 Å². The molecule has 4 heteroatoms. The average Bonchev–Trinajstić information content (AvgIpc) is 2.88. The Bertz CT molecular complexity index is 466. The summed E-state index contributed by atoms with van der Waals surface area (Å²) in [6.07, 6.45) is 5.90. The van der Waals surface area contributed by atoms with Gasteiger partial charge in [-0.15, -0.1) is 0 Å². The third-order valence-corrected chi connectivity index (χ3v) is 2.75. The van der Waals surface area contributed by atoms with Crippen molar-refractivity contribution in [1.82, 2.24) is 9.55 Å². The summed E-state index contributed by atoms with van der Waals surface area (Å²) in [5, 5.41) is 9.62. The van der Waals surface area contributed by atoms with Gasteiger partial charge in [0, 0.05) is 24.5 Å². The van der Waals surface area contributed by atoms with Crippen molar-refractivity contribution in [2.75, 3.05) is 6.61 Å². The second-order valence-electron chi connectivity index (χ2n) is 4.22. The monoisotopic (exact) mass is 246 g/mol. The van der Waals surface area contributed by atoms with Gasteiger partial charge in [-0.1, -0.05) is 18.2 Å². The van der Waals surface area contributed by atoms with Crippen LogP contribution in [0.15, 0.2) is 43.0 Å². The molecular formula is C14H18N2O2. The van der Waals surface area contributed by atoms with E-state index in [1.54, 1.807) is 19.4 Å². The van der Waals surface area contributed by atoms with Crippen LogP contribution in [0.2, 0.25) is 0 Å². The van der Waals surface area contributed by atoms with Crippen molar-refractivity contribution in [2.24, 2.45) is 0 Å². The largest absolute Gasteiger partial charge is 0.493 e. The van der Waals surface area contributed by atoms with Crippen LogP contribution in [0.3, 0.4) is 0 Å². The maximum absolute atomic E-state index is 9.62. The maximum Gasteiger partial charge on any atom is 0.125 e. The molecule has 1 aromatic heterocycles. The zero-order chi connectivity index (χ0) is 12.8. The molecule has 1 aromatic carbocycles. The van der Waals surface area contributed by atoms with Crippen LogP contribution in [0.5, 0.6) is 5.75 Å². The second kappa shape index (κ2) is 6.21. The molecule has 0 aliphatic rings. The van der Waals surface area contributed by atoms with Crippen molar-refractivity contribution in [3.63, 3.8) is 0 Å². The third-order valence-electron chi connectivity index (χ3n) is 2.75.